The highest BCUT2D eigenvalue weighted by molar-refractivity contribution is 5.84. The van der Waals surface area contributed by atoms with Crippen molar-refractivity contribution in [2.45, 2.75) is 25.4 Å². The van der Waals surface area contributed by atoms with E-state index in [0.717, 1.165) is 6.08 Å². The second kappa shape index (κ2) is 4.41. The van der Waals surface area contributed by atoms with Gasteiger partial charge in [-0.1, -0.05) is 0 Å². The summed E-state index contributed by atoms with van der Waals surface area (Å²) in [4.78, 5) is 10.5. The molecule has 0 radical (unpaired) electrons. The van der Waals surface area contributed by atoms with Crippen LogP contribution in [0.1, 0.15) is 6.92 Å². The zero-order chi connectivity index (χ0) is 10.7. The minimum atomic E-state index is -1.30. The van der Waals surface area contributed by atoms with Crippen molar-refractivity contribution in [3.8, 4) is 0 Å². The SMILES string of the molecule is CCOC1OC(C(=O)O)=CC(O)C1O. The fourth-order valence-electron chi connectivity index (χ4n) is 1.07. The third-order valence-electron chi connectivity index (χ3n) is 1.74. The summed E-state index contributed by atoms with van der Waals surface area (Å²) in [6.07, 6.45) is -2.75. The number of carbonyl (C=O) groups is 1. The standard InChI is InChI=1S/C8H12O6/c1-2-13-8-6(10)4(9)3-5(14-8)7(11)12/h3-4,6,8-10H,2H2,1H3,(H,11,12). The van der Waals surface area contributed by atoms with E-state index in [0.29, 0.717) is 0 Å². The zero-order valence-corrected chi connectivity index (χ0v) is 7.58. The average Bonchev–Trinajstić information content (AvgIpc) is 2.12. The molecule has 3 atom stereocenters. The molecule has 0 spiro atoms. The van der Waals surface area contributed by atoms with Crippen LogP contribution >= 0.6 is 0 Å². The lowest BCUT2D eigenvalue weighted by Gasteiger charge is -2.29. The Labute approximate surface area is 80.4 Å². The molecule has 3 unspecified atom stereocenters. The maximum atomic E-state index is 10.5. The Morgan fingerprint density at radius 3 is 2.79 bits per heavy atom. The van der Waals surface area contributed by atoms with Crippen LogP contribution in [0, 0.1) is 0 Å². The van der Waals surface area contributed by atoms with Crippen molar-refractivity contribution in [3.05, 3.63) is 11.8 Å². The summed E-state index contributed by atoms with van der Waals surface area (Å²) >= 11 is 0. The number of carboxylic acids is 1. The van der Waals surface area contributed by atoms with Crippen molar-refractivity contribution >= 4 is 5.97 Å². The highest BCUT2D eigenvalue weighted by atomic mass is 16.7. The highest BCUT2D eigenvalue weighted by Crippen LogP contribution is 2.19. The summed E-state index contributed by atoms with van der Waals surface area (Å²) < 4.78 is 9.71. The number of carboxylic acid groups (broad SMARTS) is 1. The van der Waals surface area contributed by atoms with Crippen molar-refractivity contribution in [1.29, 1.82) is 0 Å². The molecule has 1 rings (SSSR count). The fraction of sp³-hybridized carbons (Fsp3) is 0.625. The summed E-state index contributed by atoms with van der Waals surface area (Å²) in [6.45, 7) is 1.92. The molecule has 14 heavy (non-hydrogen) atoms. The second-order valence-electron chi connectivity index (χ2n) is 2.76. The Morgan fingerprint density at radius 1 is 1.64 bits per heavy atom. The van der Waals surface area contributed by atoms with Gasteiger partial charge in [-0.2, -0.15) is 0 Å². The predicted octanol–water partition coefficient (Wildman–Crippen LogP) is -0.931. The Balaban J connectivity index is 2.76. The Kier molecular flexibility index (Phi) is 3.45. The minimum absolute atomic E-state index is 0.251. The summed E-state index contributed by atoms with van der Waals surface area (Å²) in [5, 5.41) is 27.2. The van der Waals surface area contributed by atoms with Gasteiger partial charge in [-0.25, -0.2) is 4.79 Å². The number of ether oxygens (including phenoxy) is 2. The normalized spacial score (nSPS) is 31.9. The molecule has 6 heteroatoms. The van der Waals surface area contributed by atoms with Crippen molar-refractivity contribution in [2.24, 2.45) is 0 Å². The molecule has 0 aromatic heterocycles. The maximum Gasteiger partial charge on any atom is 0.371 e. The van der Waals surface area contributed by atoms with Gasteiger partial charge >= 0.3 is 5.97 Å². The van der Waals surface area contributed by atoms with Gasteiger partial charge in [0.15, 0.2) is 0 Å². The summed E-state index contributed by atoms with van der Waals surface area (Å²) in [5.41, 5.74) is 0. The van der Waals surface area contributed by atoms with Crippen LogP contribution in [-0.2, 0) is 14.3 Å². The first-order chi connectivity index (χ1) is 6.56. The highest BCUT2D eigenvalue weighted by Gasteiger charge is 2.34. The monoisotopic (exact) mass is 204 g/mol. The van der Waals surface area contributed by atoms with Gasteiger partial charge in [-0.15, -0.1) is 0 Å². The molecule has 80 valence electrons. The van der Waals surface area contributed by atoms with Gasteiger partial charge in [0.2, 0.25) is 12.0 Å². The van der Waals surface area contributed by atoms with E-state index in [1.165, 1.54) is 0 Å². The number of aliphatic hydroxyl groups excluding tert-OH is 2. The van der Waals surface area contributed by atoms with Gasteiger partial charge in [-0.05, 0) is 13.0 Å². The molecule has 1 aliphatic heterocycles. The topological polar surface area (TPSA) is 96.2 Å². The molecule has 0 aromatic rings. The summed E-state index contributed by atoms with van der Waals surface area (Å²) in [7, 11) is 0. The molecular formula is C8H12O6. The maximum absolute atomic E-state index is 10.5. The first-order valence-electron chi connectivity index (χ1n) is 4.15. The van der Waals surface area contributed by atoms with Gasteiger partial charge in [0.1, 0.15) is 12.2 Å². The Hall–Kier alpha value is -1.11. The molecule has 6 nitrogen and oxygen atoms in total. The van der Waals surface area contributed by atoms with E-state index in [1.807, 2.05) is 0 Å². The minimum Gasteiger partial charge on any atom is -0.475 e. The quantitative estimate of drug-likeness (QED) is 0.549. The Morgan fingerprint density at radius 2 is 2.29 bits per heavy atom. The van der Waals surface area contributed by atoms with Gasteiger partial charge in [0.05, 0.1) is 0 Å². The lowest BCUT2D eigenvalue weighted by atomic mass is 10.1. The average molecular weight is 204 g/mol. The number of hydrogen-bond acceptors (Lipinski definition) is 5. The molecule has 0 fully saturated rings. The van der Waals surface area contributed by atoms with Crippen molar-refractivity contribution in [2.75, 3.05) is 6.61 Å². The number of aliphatic hydroxyl groups is 2. The van der Waals surface area contributed by atoms with Crippen LogP contribution in [0.3, 0.4) is 0 Å². The Bertz CT molecular complexity index is 248. The van der Waals surface area contributed by atoms with Gasteiger partial charge in [0.25, 0.3) is 0 Å². The molecule has 1 heterocycles. The van der Waals surface area contributed by atoms with E-state index in [4.69, 9.17) is 14.6 Å². The van der Waals surface area contributed by atoms with E-state index in [2.05, 4.69) is 0 Å². The third kappa shape index (κ3) is 2.22. The molecule has 0 saturated heterocycles. The van der Waals surface area contributed by atoms with Crippen LogP contribution in [0.2, 0.25) is 0 Å². The molecule has 0 aliphatic carbocycles. The first-order valence-corrected chi connectivity index (χ1v) is 4.15. The third-order valence-corrected chi connectivity index (χ3v) is 1.74. The number of rotatable bonds is 3. The van der Waals surface area contributed by atoms with E-state index in [1.54, 1.807) is 6.92 Å². The van der Waals surface area contributed by atoms with Gasteiger partial charge < -0.3 is 24.8 Å². The van der Waals surface area contributed by atoms with Crippen molar-refractivity contribution in [1.82, 2.24) is 0 Å². The largest absolute Gasteiger partial charge is 0.475 e. The van der Waals surface area contributed by atoms with Crippen LogP contribution in [0.4, 0.5) is 0 Å². The van der Waals surface area contributed by atoms with Gasteiger partial charge in [-0.3, -0.25) is 0 Å². The van der Waals surface area contributed by atoms with E-state index in [-0.39, 0.29) is 6.61 Å². The first kappa shape index (κ1) is 11.0. The summed E-state index contributed by atoms with van der Waals surface area (Å²) in [5.74, 6) is -1.72. The van der Waals surface area contributed by atoms with E-state index < -0.39 is 30.2 Å². The van der Waals surface area contributed by atoms with Crippen LogP contribution in [0.5, 0.6) is 0 Å². The van der Waals surface area contributed by atoms with Crippen molar-refractivity contribution < 1.29 is 29.6 Å². The molecule has 0 bridgehead atoms. The molecule has 0 saturated carbocycles. The lowest BCUT2D eigenvalue weighted by Crippen LogP contribution is -2.44. The smallest absolute Gasteiger partial charge is 0.371 e. The van der Waals surface area contributed by atoms with E-state index in [9.17, 15) is 15.0 Å². The molecular weight excluding hydrogens is 192 g/mol. The van der Waals surface area contributed by atoms with Crippen LogP contribution in [0.15, 0.2) is 11.8 Å². The molecule has 1 aliphatic rings. The second-order valence-corrected chi connectivity index (χ2v) is 2.76. The predicted molar refractivity (Wildman–Crippen MR) is 44.2 cm³/mol. The molecule has 0 amide bonds. The van der Waals surface area contributed by atoms with Crippen LogP contribution in [-0.4, -0.2) is 46.4 Å². The van der Waals surface area contributed by atoms with Crippen LogP contribution < -0.4 is 0 Å². The van der Waals surface area contributed by atoms with Gasteiger partial charge in [0, 0.05) is 6.61 Å². The summed E-state index contributed by atoms with van der Waals surface area (Å²) in [6, 6.07) is 0. The van der Waals surface area contributed by atoms with E-state index >= 15 is 0 Å². The fourth-order valence-corrected chi connectivity index (χ4v) is 1.07. The number of hydrogen-bond donors (Lipinski definition) is 3. The molecule has 3 N–H and O–H groups in total. The lowest BCUT2D eigenvalue weighted by molar-refractivity contribution is -0.205. The van der Waals surface area contributed by atoms with Crippen molar-refractivity contribution in [3.63, 3.8) is 0 Å². The molecule has 0 aromatic carbocycles. The van der Waals surface area contributed by atoms with Crippen LogP contribution in [0.25, 0.3) is 0 Å². The number of aliphatic carboxylic acids is 1. The zero-order valence-electron chi connectivity index (χ0n) is 7.58.